The highest BCUT2D eigenvalue weighted by Crippen LogP contribution is 2.23. The molecule has 4 rings (SSSR count). The van der Waals surface area contributed by atoms with Gasteiger partial charge in [0, 0.05) is 12.7 Å². The number of carbonyl (C=O) groups is 1. The van der Waals surface area contributed by atoms with E-state index in [1.807, 2.05) is 64.0 Å². The highest BCUT2D eigenvalue weighted by molar-refractivity contribution is 5.74. The topological polar surface area (TPSA) is 71.8 Å². The summed E-state index contributed by atoms with van der Waals surface area (Å²) in [5, 5.41) is 11.2. The number of benzene rings is 1. The first-order valence-electron chi connectivity index (χ1n) is 8.29. The number of aromatic nitrogens is 3. The molecule has 0 saturated carbocycles. The van der Waals surface area contributed by atoms with Crippen molar-refractivity contribution >= 4 is 11.7 Å². The van der Waals surface area contributed by atoms with Gasteiger partial charge in [0.2, 0.25) is 0 Å². The van der Waals surface area contributed by atoms with Crippen LogP contribution in [0.4, 0.5) is 4.79 Å². The van der Waals surface area contributed by atoms with E-state index in [1.54, 1.807) is 0 Å². The van der Waals surface area contributed by atoms with E-state index in [4.69, 9.17) is 4.74 Å². The van der Waals surface area contributed by atoms with Crippen LogP contribution in [0.2, 0.25) is 0 Å². The molecule has 0 spiro atoms. The molecule has 1 atom stereocenters. The molecule has 1 N–H and O–H groups in total. The van der Waals surface area contributed by atoms with Crippen LogP contribution in [0.25, 0.3) is 5.65 Å². The lowest BCUT2D eigenvalue weighted by molar-refractivity contribution is 0.0115. The quantitative estimate of drug-likeness (QED) is 0.794. The Kier molecular flexibility index (Phi) is 4.30. The Morgan fingerprint density at radius 3 is 2.88 bits per heavy atom. The molecule has 25 heavy (non-hydrogen) atoms. The van der Waals surface area contributed by atoms with E-state index in [0.29, 0.717) is 32.1 Å². The first-order valence-corrected chi connectivity index (χ1v) is 8.29. The lowest BCUT2D eigenvalue weighted by Gasteiger charge is -2.35. The van der Waals surface area contributed by atoms with Crippen LogP contribution >= 0.6 is 0 Å². The van der Waals surface area contributed by atoms with E-state index in [0.717, 1.165) is 11.2 Å². The highest BCUT2D eigenvalue weighted by Gasteiger charge is 2.28. The second-order valence-electron chi connectivity index (χ2n) is 5.90. The number of rotatable bonds is 3. The van der Waals surface area contributed by atoms with E-state index in [-0.39, 0.29) is 12.1 Å². The maximum absolute atomic E-state index is 12.7. The summed E-state index contributed by atoms with van der Waals surface area (Å²) in [4.78, 5) is 14.5. The number of hydrogen-bond acceptors (Lipinski definition) is 4. The maximum Gasteiger partial charge on any atom is 0.318 e. The van der Waals surface area contributed by atoms with Gasteiger partial charge in [-0.3, -0.25) is 4.40 Å². The summed E-state index contributed by atoms with van der Waals surface area (Å²) in [7, 11) is 0. The van der Waals surface area contributed by atoms with E-state index < -0.39 is 0 Å². The molecule has 2 aromatic heterocycles. The van der Waals surface area contributed by atoms with Crippen LogP contribution in [0.1, 0.15) is 17.4 Å². The molecule has 0 bridgehead atoms. The van der Waals surface area contributed by atoms with E-state index in [2.05, 4.69) is 15.5 Å². The number of amides is 2. The molecule has 0 radical (unpaired) electrons. The normalized spacial score (nSPS) is 17.6. The van der Waals surface area contributed by atoms with Crippen molar-refractivity contribution in [3.63, 3.8) is 0 Å². The molecule has 3 heterocycles. The van der Waals surface area contributed by atoms with Gasteiger partial charge in [-0.25, -0.2) is 4.79 Å². The van der Waals surface area contributed by atoms with Crippen molar-refractivity contribution in [2.24, 2.45) is 0 Å². The van der Waals surface area contributed by atoms with Crippen LogP contribution in [0.5, 0.6) is 0 Å². The predicted octanol–water partition coefficient (Wildman–Crippen LogP) is 2.01. The number of urea groups is 1. The molecule has 1 fully saturated rings. The first kappa shape index (κ1) is 15.6. The fourth-order valence-corrected chi connectivity index (χ4v) is 3.07. The van der Waals surface area contributed by atoms with E-state index in [1.165, 1.54) is 0 Å². The van der Waals surface area contributed by atoms with Gasteiger partial charge in [0.05, 0.1) is 25.8 Å². The van der Waals surface area contributed by atoms with Gasteiger partial charge >= 0.3 is 6.03 Å². The van der Waals surface area contributed by atoms with E-state index >= 15 is 0 Å². The van der Waals surface area contributed by atoms with Gasteiger partial charge in [0.25, 0.3) is 0 Å². The van der Waals surface area contributed by atoms with Gasteiger partial charge in [-0.2, -0.15) is 0 Å². The minimum absolute atomic E-state index is 0.0786. The summed E-state index contributed by atoms with van der Waals surface area (Å²) in [6, 6.07) is 15.5. The van der Waals surface area contributed by atoms with Gasteiger partial charge in [-0.1, -0.05) is 36.4 Å². The summed E-state index contributed by atoms with van der Waals surface area (Å²) in [5.41, 5.74) is 1.84. The maximum atomic E-state index is 12.7. The Morgan fingerprint density at radius 1 is 1.16 bits per heavy atom. The summed E-state index contributed by atoms with van der Waals surface area (Å²) in [6.07, 6.45) is 1.89. The lowest BCUT2D eigenvalue weighted by atomic mass is 10.1. The lowest BCUT2D eigenvalue weighted by Crippen LogP contribution is -2.48. The van der Waals surface area contributed by atoms with Gasteiger partial charge in [-0.15, -0.1) is 10.2 Å². The van der Waals surface area contributed by atoms with Crippen molar-refractivity contribution < 1.29 is 9.53 Å². The van der Waals surface area contributed by atoms with Crippen molar-refractivity contribution in [1.82, 2.24) is 24.8 Å². The molecule has 3 aromatic rings. The monoisotopic (exact) mass is 337 g/mol. The molecule has 1 unspecified atom stereocenters. The Morgan fingerprint density at radius 2 is 2.00 bits per heavy atom. The molecule has 1 aliphatic rings. The minimum Gasteiger partial charge on any atom is -0.377 e. The molecule has 2 amide bonds. The fraction of sp³-hybridized carbons (Fsp3) is 0.278. The third-order valence-electron chi connectivity index (χ3n) is 4.36. The van der Waals surface area contributed by atoms with Crippen molar-refractivity contribution in [1.29, 1.82) is 0 Å². The fourth-order valence-electron chi connectivity index (χ4n) is 3.07. The van der Waals surface area contributed by atoms with Crippen LogP contribution in [0.15, 0.2) is 54.7 Å². The van der Waals surface area contributed by atoms with E-state index in [9.17, 15) is 4.79 Å². The number of ether oxygens (including phenoxy) is 1. The smallest absolute Gasteiger partial charge is 0.318 e. The highest BCUT2D eigenvalue weighted by atomic mass is 16.5. The molecule has 1 aliphatic heterocycles. The Labute approximate surface area is 145 Å². The largest absolute Gasteiger partial charge is 0.377 e. The van der Waals surface area contributed by atoms with Crippen LogP contribution in [0.3, 0.4) is 0 Å². The first-order chi connectivity index (χ1) is 12.3. The SMILES string of the molecule is O=C(NCc1nnc2ccccn12)N1CCOCC1c1ccccc1. The van der Waals surface area contributed by atoms with Crippen molar-refractivity contribution in [3.05, 3.63) is 66.1 Å². The molecule has 7 nitrogen and oxygen atoms in total. The van der Waals surface area contributed by atoms with Crippen molar-refractivity contribution in [3.8, 4) is 0 Å². The zero-order valence-corrected chi connectivity index (χ0v) is 13.7. The molecular weight excluding hydrogens is 318 g/mol. The van der Waals surface area contributed by atoms with Crippen molar-refractivity contribution in [2.45, 2.75) is 12.6 Å². The van der Waals surface area contributed by atoms with Gasteiger partial charge in [-0.05, 0) is 17.7 Å². The Balaban J connectivity index is 1.47. The average Bonchev–Trinajstić information content (AvgIpc) is 3.10. The number of nitrogens with zero attached hydrogens (tertiary/aromatic N) is 4. The molecule has 7 heteroatoms. The van der Waals surface area contributed by atoms with Crippen molar-refractivity contribution in [2.75, 3.05) is 19.8 Å². The number of fused-ring (bicyclic) bond motifs is 1. The summed E-state index contributed by atoms with van der Waals surface area (Å²) < 4.78 is 7.45. The second kappa shape index (κ2) is 6.90. The molecule has 1 saturated heterocycles. The average molecular weight is 337 g/mol. The second-order valence-corrected chi connectivity index (χ2v) is 5.90. The predicted molar refractivity (Wildman–Crippen MR) is 91.9 cm³/mol. The Bertz CT molecular complexity index is 864. The standard InChI is InChI=1S/C18H19N5O2/c24-18(19-12-17-21-20-16-8-4-5-9-23(16)17)22-10-11-25-13-15(22)14-6-2-1-3-7-14/h1-9,15H,10-13H2,(H,19,24). The molecule has 1 aromatic carbocycles. The van der Waals surface area contributed by atoms with Gasteiger partial charge in [0.1, 0.15) is 0 Å². The van der Waals surface area contributed by atoms with Gasteiger partial charge < -0.3 is 15.0 Å². The number of pyridine rings is 1. The zero-order chi connectivity index (χ0) is 17.1. The molecule has 0 aliphatic carbocycles. The summed E-state index contributed by atoms with van der Waals surface area (Å²) >= 11 is 0. The summed E-state index contributed by atoms with van der Waals surface area (Å²) in [5.74, 6) is 0.702. The minimum atomic E-state index is -0.121. The van der Waals surface area contributed by atoms with Crippen LogP contribution in [-0.2, 0) is 11.3 Å². The molecule has 128 valence electrons. The summed E-state index contributed by atoms with van der Waals surface area (Å²) in [6.45, 7) is 1.94. The zero-order valence-electron chi connectivity index (χ0n) is 13.7. The van der Waals surface area contributed by atoms with Crippen LogP contribution in [-0.4, -0.2) is 45.3 Å². The van der Waals surface area contributed by atoms with Crippen LogP contribution < -0.4 is 5.32 Å². The third-order valence-corrected chi connectivity index (χ3v) is 4.36. The van der Waals surface area contributed by atoms with Crippen LogP contribution in [0, 0.1) is 0 Å². The van der Waals surface area contributed by atoms with Gasteiger partial charge in [0.15, 0.2) is 11.5 Å². The number of carbonyl (C=O) groups excluding carboxylic acids is 1. The number of morpholine rings is 1. The number of nitrogens with one attached hydrogen (secondary N) is 1. The molecular formula is C18H19N5O2. The third kappa shape index (κ3) is 3.18. The Hall–Kier alpha value is -2.93. The number of hydrogen-bond donors (Lipinski definition) is 1.